The van der Waals surface area contributed by atoms with Crippen LogP contribution in [0.5, 0.6) is 5.75 Å². The lowest BCUT2D eigenvalue weighted by molar-refractivity contribution is -0.385. The van der Waals surface area contributed by atoms with Crippen molar-refractivity contribution in [3.05, 3.63) is 33.9 Å². The Kier molecular flexibility index (Phi) is 6.04. The van der Waals surface area contributed by atoms with E-state index in [1.165, 1.54) is 25.3 Å². The van der Waals surface area contributed by atoms with E-state index in [4.69, 9.17) is 11.2 Å². The topological polar surface area (TPSA) is 81.5 Å². The molecular weight excluding hydrogens is 260 g/mol. The van der Waals surface area contributed by atoms with Crippen LogP contribution in [-0.2, 0) is 0 Å². The van der Waals surface area contributed by atoms with Crippen molar-refractivity contribution in [3.63, 3.8) is 0 Å². The molecule has 1 aromatic carbocycles. The lowest BCUT2D eigenvalue weighted by Gasteiger charge is -2.06. The highest BCUT2D eigenvalue weighted by atomic mass is 16.6. The highest BCUT2D eigenvalue weighted by molar-refractivity contribution is 5.95. The van der Waals surface area contributed by atoms with Crippen LogP contribution in [0, 0.1) is 22.5 Å². The molecule has 0 saturated carbocycles. The van der Waals surface area contributed by atoms with Crippen molar-refractivity contribution >= 4 is 11.6 Å². The average molecular weight is 276 g/mol. The molecule has 0 atom stereocenters. The summed E-state index contributed by atoms with van der Waals surface area (Å²) in [7, 11) is 1.32. The van der Waals surface area contributed by atoms with Crippen LogP contribution < -0.4 is 10.1 Å². The Morgan fingerprint density at radius 2 is 2.25 bits per heavy atom. The summed E-state index contributed by atoms with van der Waals surface area (Å²) < 4.78 is 4.91. The predicted molar refractivity (Wildman–Crippen MR) is 74.7 cm³/mol. The maximum absolute atomic E-state index is 11.8. The van der Waals surface area contributed by atoms with Gasteiger partial charge in [-0.15, -0.1) is 12.3 Å². The van der Waals surface area contributed by atoms with E-state index < -0.39 is 4.92 Å². The minimum absolute atomic E-state index is 0.0648. The highest BCUT2D eigenvalue weighted by Gasteiger charge is 2.17. The molecule has 6 heteroatoms. The Morgan fingerprint density at radius 3 is 2.85 bits per heavy atom. The number of carbonyl (C=O) groups excluding carboxylic acids is 1. The maximum atomic E-state index is 11.8. The molecule has 1 amide bonds. The summed E-state index contributed by atoms with van der Waals surface area (Å²) in [5.41, 5.74) is 0.155. The number of methoxy groups -OCH3 is 1. The van der Waals surface area contributed by atoms with Crippen LogP contribution in [0.1, 0.15) is 29.6 Å². The van der Waals surface area contributed by atoms with E-state index in [-0.39, 0.29) is 17.3 Å². The summed E-state index contributed by atoms with van der Waals surface area (Å²) in [6.07, 6.45) is 7.45. The number of unbranched alkanes of at least 4 members (excludes halogenated alkanes) is 2. The Bertz CT molecular complexity index is 534. The summed E-state index contributed by atoms with van der Waals surface area (Å²) in [5.74, 6) is 2.30. The van der Waals surface area contributed by atoms with Crippen LogP contribution in [0.25, 0.3) is 0 Å². The molecule has 0 aliphatic heterocycles. The van der Waals surface area contributed by atoms with Gasteiger partial charge in [0.15, 0.2) is 5.75 Å². The van der Waals surface area contributed by atoms with Crippen LogP contribution in [-0.4, -0.2) is 24.5 Å². The molecule has 0 heterocycles. The molecule has 0 fully saturated rings. The number of rotatable bonds is 7. The van der Waals surface area contributed by atoms with Gasteiger partial charge in [0.2, 0.25) is 0 Å². The van der Waals surface area contributed by atoms with Gasteiger partial charge in [0.05, 0.1) is 12.0 Å². The van der Waals surface area contributed by atoms with Gasteiger partial charge in [0.1, 0.15) is 0 Å². The van der Waals surface area contributed by atoms with Crippen molar-refractivity contribution in [2.45, 2.75) is 19.3 Å². The van der Waals surface area contributed by atoms with Gasteiger partial charge in [-0.3, -0.25) is 14.9 Å². The molecule has 1 N–H and O–H groups in total. The summed E-state index contributed by atoms with van der Waals surface area (Å²) >= 11 is 0. The molecule has 0 saturated heterocycles. The number of ether oxygens (including phenoxy) is 1. The maximum Gasteiger partial charge on any atom is 0.310 e. The Morgan fingerprint density at radius 1 is 1.50 bits per heavy atom. The van der Waals surface area contributed by atoms with Crippen molar-refractivity contribution in [3.8, 4) is 18.1 Å². The molecule has 0 radical (unpaired) electrons. The summed E-state index contributed by atoms with van der Waals surface area (Å²) in [4.78, 5) is 22.0. The molecule has 20 heavy (non-hydrogen) atoms. The number of nitro benzene ring substituents is 1. The van der Waals surface area contributed by atoms with Crippen LogP contribution >= 0.6 is 0 Å². The number of amides is 1. The second kappa shape index (κ2) is 7.79. The van der Waals surface area contributed by atoms with Crippen molar-refractivity contribution in [1.82, 2.24) is 5.32 Å². The van der Waals surface area contributed by atoms with Crippen molar-refractivity contribution in [2.24, 2.45) is 0 Å². The van der Waals surface area contributed by atoms with Gasteiger partial charge in [0.25, 0.3) is 5.91 Å². The third-order valence-corrected chi connectivity index (χ3v) is 2.67. The van der Waals surface area contributed by atoms with E-state index in [1.807, 2.05) is 0 Å². The van der Waals surface area contributed by atoms with Gasteiger partial charge in [0, 0.05) is 30.7 Å². The monoisotopic (exact) mass is 276 g/mol. The van der Waals surface area contributed by atoms with Crippen LogP contribution in [0.2, 0.25) is 0 Å². The second-order valence-electron chi connectivity index (χ2n) is 4.06. The van der Waals surface area contributed by atoms with E-state index in [0.717, 1.165) is 12.8 Å². The fourth-order valence-corrected chi connectivity index (χ4v) is 1.63. The molecule has 1 aromatic rings. The summed E-state index contributed by atoms with van der Waals surface area (Å²) in [6, 6.07) is 4.01. The Labute approximate surface area is 117 Å². The number of nitrogens with one attached hydrogen (secondary N) is 1. The normalized spacial score (nSPS) is 9.60. The number of carbonyl (C=O) groups is 1. The minimum atomic E-state index is -0.555. The van der Waals surface area contributed by atoms with Crippen molar-refractivity contribution in [1.29, 1.82) is 0 Å². The van der Waals surface area contributed by atoms with Crippen LogP contribution in [0.15, 0.2) is 18.2 Å². The quantitative estimate of drug-likeness (QED) is 0.358. The van der Waals surface area contributed by atoms with Gasteiger partial charge >= 0.3 is 5.69 Å². The third-order valence-electron chi connectivity index (χ3n) is 2.67. The Hall–Kier alpha value is -2.55. The molecule has 0 unspecified atom stereocenters. The van der Waals surface area contributed by atoms with Gasteiger partial charge in [-0.25, -0.2) is 0 Å². The van der Waals surface area contributed by atoms with E-state index in [9.17, 15) is 14.9 Å². The second-order valence-corrected chi connectivity index (χ2v) is 4.06. The molecule has 0 aliphatic rings. The standard InChI is InChI=1S/C14H16N2O4/c1-3-4-5-6-9-15-14(17)11-7-8-12(16(18)19)13(10-11)20-2/h1,7-8,10H,4-6,9H2,2H3,(H,15,17). The fraction of sp³-hybridized carbons (Fsp3) is 0.357. The minimum Gasteiger partial charge on any atom is -0.490 e. The average Bonchev–Trinajstić information content (AvgIpc) is 2.45. The number of hydrogen-bond donors (Lipinski definition) is 1. The lowest BCUT2D eigenvalue weighted by atomic mass is 10.1. The first kappa shape index (κ1) is 15.5. The smallest absolute Gasteiger partial charge is 0.310 e. The first-order valence-electron chi connectivity index (χ1n) is 6.14. The fourth-order valence-electron chi connectivity index (χ4n) is 1.63. The predicted octanol–water partition coefficient (Wildman–Crippen LogP) is 2.14. The molecule has 106 valence electrons. The number of hydrogen-bond acceptors (Lipinski definition) is 4. The number of benzene rings is 1. The molecule has 0 spiro atoms. The Balaban J connectivity index is 2.65. The van der Waals surface area contributed by atoms with Gasteiger partial charge in [-0.05, 0) is 18.9 Å². The van der Waals surface area contributed by atoms with E-state index in [0.29, 0.717) is 18.5 Å². The SMILES string of the molecule is C#CCCCCNC(=O)c1ccc([N+](=O)[O-])c(OC)c1. The first-order chi connectivity index (χ1) is 9.60. The van der Waals surface area contributed by atoms with Crippen molar-refractivity contribution in [2.75, 3.05) is 13.7 Å². The highest BCUT2D eigenvalue weighted by Crippen LogP contribution is 2.27. The molecule has 1 rings (SSSR count). The van der Waals surface area contributed by atoms with E-state index in [2.05, 4.69) is 11.2 Å². The number of nitrogens with zero attached hydrogens (tertiary/aromatic N) is 1. The van der Waals surface area contributed by atoms with Gasteiger partial charge in [-0.1, -0.05) is 0 Å². The largest absolute Gasteiger partial charge is 0.490 e. The summed E-state index contributed by atoms with van der Waals surface area (Å²) in [5, 5.41) is 13.5. The zero-order valence-electron chi connectivity index (χ0n) is 11.2. The van der Waals surface area contributed by atoms with Gasteiger partial charge < -0.3 is 10.1 Å². The van der Waals surface area contributed by atoms with Crippen molar-refractivity contribution < 1.29 is 14.5 Å². The van der Waals surface area contributed by atoms with E-state index in [1.54, 1.807) is 0 Å². The van der Waals surface area contributed by atoms with Crippen LogP contribution in [0.3, 0.4) is 0 Å². The number of nitro groups is 1. The number of terminal acetylenes is 1. The zero-order valence-corrected chi connectivity index (χ0v) is 11.2. The van der Waals surface area contributed by atoms with E-state index >= 15 is 0 Å². The molecule has 0 bridgehead atoms. The molecule has 0 aromatic heterocycles. The molecular formula is C14H16N2O4. The molecule has 0 aliphatic carbocycles. The third kappa shape index (κ3) is 4.28. The lowest BCUT2D eigenvalue weighted by Crippen LogP contribution is -2.24. The molecule has 6 nitrogen and oxygen atoms in total. The zero-order chi connectivity index (χ0) is 15.0. The summed E-state index contributed by atoms with van der Waals surface area (Å²) in [6.45, 7) is 0.514. The van der Waals surface area contributed by atoms with Crippen LogP contribution in [0.4, 0.5) is 5.69 Å². The van der Waals surface area contributed by atoms with Gasteiger partial charge in [-0.2, -0.15) is 0 Å². The first-order valence-corrected chi connectivity index (χ1v) is 6.14.